The highest BCUT2D eigenvalue weighted by Crippen LogP contribution is 2.34. The Balaban J connectivity index is 1.77. The predicted octanol–water partition coefficient (Wildman–Crippen LogP) is 0.0616. The van der Waals surface area contributed by atoms with Gasteiger partial charge in [-0.2, -0.15) is 0 Å². The predicted molar refractivity (Wildman–Crippen MR) is 74.2 cm³/mol. The molecule has 0 radical (unpaired) electrons. The number of rotatable bonds is 2. The lowest BCUT2D eigenvalue weighted by atomic mass is 9.83. The first-order valence-corrected chi connectivity index (χ1v) is 6.99. The van der Waals surface area contributed by atoms with Crippen LogP contribution in [0.4, 0.5) is 4.79 Å². The number of urea groups is 1. The van der Waals surface area contributed by atoms with Crippen LogP contribution in [0.1, 0.15) is 18.0 Å². The molecule has 2 aliphatic heterocycles. The van der Waals surface area contributed by atoms with Gasteiger partial charge in [0.15, 0.2) is 0 Å². The van der Waals surface area contributed by atoms with E-state index in [0.29, 0.717) is 19.6 Å². The molecule has 112 valence electrons. The van der Waals surface area contributed by atoms with Gasteiger partial charge >= 0.3 is 12.0 Å². The van der Waals surface area contributed by atoms with Crippen molar-refractivity contribution in [2.24, 2.45) is 5.92 Å². The first kappa shape index (κ1) is 13.7. The minimum absolute atomic E-state index is 0.00554. The number of amides is 2. The molecule has 0 aromatic carbocycles. The van der Waals surface area contributed by atoms with Crippen LogP contribution in [-0.4, -0.2) is 46.2 Å². The van der Waals surface area contributed by atoms with Gasteiger partial charge in [-0.15, -0.1) is 0 Å². The molecule has 1 aromatic heterocycles. The summed E-state index contributed by atoms with van der Waals surface area (Å²) in [6.45, 7) is 1.32. The smallest absolute Gasteiger partial charge is 0.323 e. The second-order valence-electron chi connectivity index (χ2n) is 5.66. The van der Waals surface area contributed by atoms with E-state index < -0.39 is 5.97 Å². The van der Waals surface area contributed by atoms with Crippen LogP contribution in [0.5, 0.6) is 0 Å². The topological polar surface area (TPSA) is 91.6 Å². The quantitative estimate of drug-likeness (QED) is 0.806. The fourth-order valence-electron chi connectivity index (χ4n) is 3.33. The van der Waals surface area contributed by atoms with Gasteiger partial charge in [-0.25, -0.2) is 4.79 Å². The van der Waals surface area contributed by atoms with Crippen molar-refractivity contribution < 1.29 is 14.7 Å². The van der Waals surface area contributed by atoms with Crippen LogP contribution in [-0.2, 0) is 11.3 Å². The van der Waals surface area contributed by atoms with Crippen molar-refractivity contribution in [1.29, 1.82) is 0 Å². The van der Waals surface area contributed by atoms with Crippen molar-refractivity contribution in [2.45, 2.75) is 18.9 Å². The Morgan fingerprint density at radius 1 is 1.29 bits per heavy atom. The summed E-state index contributed by atoms with van der Waals surface area (Å²) >= 11 is 0. The van der Waals surface area contributed by atoms with Gasteiger partial charge in [0, 0.05) is 37.3 Å². The molecule has 0 unspecified atom stereocenters. The highest BCUT2D eigenvalue weighted by molar-refractivity contribution is 5.80. The van der Waals surface area contributed by atoms with Gasteiger partial charge in [0.1, 0.15) is 6.54 Å². The Bertz CT molecular complexity index is 639. The molecule has 1 aromatic rings. The van der Waals surface area contributed by atoms with Crippen molar-refractivity contribution in [3.05, 3.63) is 34.2 Å². The molecule has 3 heterocycles. The summed E-state index contributed by atoms with van der Waals surface area (Å²) in [6, 6.07) is 4.89. The molecule has 1 saturated heterocycles. The third-order valence-electron chi connectivity index (χ3n) is 4.16. The van der Waals surface area contributed by atoms with Crippen LogP contribution in [0.3, 0.4) is 0 Å². The number of hydrogen-bond acceptors (Lipinski definition) is 3. The van der Waals surface area contributed by atoms with Crippen molar-refractivity contribution >= 4 is 12.0 Å². The molecule has 7 nitrogen and oxygen atoms in total. The highest BCUT2D eigenvalue weighted by Gasteiger charge is 2.36. The Kier molecular flexibility index (Phi) is 3.40. The maximum Gasteiger partial charge on any atom is 0.323 e. The minimum Gasteiger partial charge on any atom is -0.480 e. The SMILES string of the molecule is O=C(O)CNC(=O)N1C[C@@H]2C[C@@H](C1)c1cccc(=O)n1C2. The third kappa shape index (κ3) is 2.63. The summed E-state index contributed by atoms with van der Waals surface area (Å²) in [6.07, 6.45) is 0.964. The number of carbonyl (C=O) groups is 2. The molecule has 7 heteroatoms. The molecule has 2 amide bonds. The number of piperidine rings is 1. The fourth-order valence-corrected chi connectivity index (χ4v) is 3.33. The number of hydrogen-bond donors (Lipinski definition) is 2. The molecule has 2 aliphatic rings. The summed E-state index contributed by atoms with van der Waals surface area (Å²) in [7, 11) is 0. The Morgan fingerprint density at radius 2 is 2.10 bits per heavy atom. The summed E-state index contributed by atoms with van der Waals surface area (Å²) in [4.78, 5) is 36.1. The van der Waals surface area contributed by atoms with E-state index in [-0.39, 0.29) is 30.0 Å². The Morgan fingerprint density at radius 3 is 2.86 bits per heavy atom. The van der Waals surface area contributed by atoms with Crippen molar-refractivity contribution in [3.63, 3.8) is 0 Å². The first-order chi connectivity index (χ1) is 10.0. The zero-order valence-corrected chi connectivity index (χ0v) is 11.5. The summed E-state index contributed by atoms with van der Waals surface area (Å²) in [5, 5.41) is 11.0. The average Bonchev–Trinajstić information content (AvgIpc) is 2.45. The maximum absolute atomic E-state index is 12.0. The number of aromatic nitrogens is 1. The molecular weight excluding hydrogens is 274 g/mol. The Labute approximate surface area is 121 Å². The zero-order chi connectivity index (χ0) is 15.0. The van der Waals surface area contributed by atoms with Crippen LogP contribution in [0.15, 0.2) is 23.0 Å². The van der Waals surface area contributed by atoms with E-state index in [1.807, 2.05) is 6.07 Å². The van der Waals surface area contributed by atoms with Crippen LogP contribution in [0, 0.1) is 5.92 Å². The van der Waals surface area contributed by atoms with Crippen LogP contribution in [0.2, 0.25) is 0 Å². The van der Waals surface area contributed by atoms with Gasteiger partial charge in [-0.3, -0.25) is 9.59 Å². The molecule has 1 fully saturated rings. The molecule has 0 spiro atoms. The van der Waals surface area contributed by atoms with Gasteiger partial charge in [0.05, 0.1) is 0 Å². The largest absolute Gasteiger partial charge is 0.480 e. The van der Waals surface area contributed by atoms with Gasteiger partial charge in [-0.05, 0) is 18.4 Å². The molecule has 0 aliphatic carbocycles. The zero-order valence-electron chi connectivity index (χ0n) is 11.5. The lowest BCUT2D eigenvalue weighted by Gasteiger charge is -2.42. The van der Waals surface area contributed by atoms with E-state index in [9.17, 15) is 14.4 Å². The molecular formula is C14H17N3O4. The monoisotopic (exact) mass is 291 g/mol. The number of pyridine rings is 1. The second kappa shape index (κ2) is 5.23. The molecule has 2 bridgehead atoms. The number of nitrogens with zero attached hydrogens (tertiary/aromatic N) is 2. The molecule has 2 atom stereocenters. The van der Waals surface area contributed by atoms with Crippen LogP contribution < -0.4 is 10.9 Å². The summed E-state index contributed by atoms with van der Waals surface area (Å²) in [5.74, 6) is -0.675. The number of carbonyl (C=O) groups excluding carboxylic acids is 1. The normalized spacial score (nSPS) is 23.3. The average molecular weight is 291 g/mol. The van der Waals surface area contributed by atoms with E-state index >= 15 is 0 Å². The first-order valence-electron chi connectivity index (χ1n) is 6.99. The van der Waals surface area contributed by atoms with Crippen molar-refractivity contribution in [3.8, 4) is 0 Å². The summed E-state index contributed by atoms with van der Waals surface area (Å²) < 4.78 is 1.80. The van der Waals surface area contributed by atoms with E-state index in [1.54, 1.807) is 21.6 Å². The lowest BCUT2D eigenvalue weighted by molar-refractivity contribution is -0.135. The van der Waals surface area contributed by atoms with Gasteiger partial charge < -0.3 is 19.9 Å². The van der Waals surface area contributed by atoms with E-state index in [0.717, 1.165) is 12.1 Å². The van der Waals surface area contributed by atoms with Crippen molar-refractivity contribution in [1.82, 2.24) is 14.8 Å². The maximum atomic E-state index is 12.0. The number of fused-ring (bicyclic) bond motifs is 4. The molecule has 0 saturated carbocycles. The molecule has 2 N–H and O–H groups in total. The van der Waals surface area contributed by atoms with Gasteiger partial charge in [0.2, 0.25) is 0 Å². The molecule has 21 heavy (non-hydrogen) atoms. The number of nitrogens with one attached hydrogen (secondary N) is 1. The molecule has 3 rings (SSSR count). The lowest BCUT2D eigenvalue weighted by Crippen LogP contribution is -2.52. The minimum atomic E-state index is -1.06. The Hall–Kier alpha value is -2.31. The number of likely N-dealkylation sites (tertiary alicyclic amines) is 1. The van der Waals surface area contributed by atoms with Crippen LogP contribution >= 0.6 is 0 Å². The standard InChI is InChI=1S/C14H17N3O4/c18-12-3-1-2-11-10-4-9(7-17(11)12)6-16(8-10)14(21)15-5-13(19)20/h1-3,9-10H,4-8H2,(H,15,21)(H,19,20)/t9-,10-/m0/s1. The summed E-state index contributed by atoms with van der Waals surface area (Å²) in [5.41, 5.74) is 0.973. The second-order valence-corrected chi connectivity index (χ2v) is 5.66. The van der Waals surface area contributed by atoms with Crippen LogP contribution in [0.25, 0.3) is 0 Å². The van der Waals surface area contributed by atoms with E-state index in [4.69, 9.17) is 5.11 Å². The number of carboxylic acid groups (broad SMARTS) is 1. The number of carboxylic acids is 1. The number of aliphatic carboxylic acids is 1. The van der Waals surface area contributed by atoms with Crippen molar-refractivity contribution in [2.75, 3.05) is 19.6 Å². The van der Waals surface area contributed by atoms with E-state index in [2.05, 4.69) is 5.32 Å². The van der Waals surface area contributed by atoms with Gasteiger partial charge in [0.25, 0.3) is 5.56 Å². The highest BCUT2D eigenvalue weighted by atomic mass is 16.4. The van der Waals surface area contributed by atoms with E-state index in [1.165, 1.54) is 0 Å². The third-order valence-corrected chi connectivity index (χ3v) is 4.16. The fraction of sp³-hybridized carbons (Fsp3) is 0.500. The van der Waals surface area contributed by atoms with Gasteiger partial charge in [-0.1, -0.05) is 6.07 Å².